The second-order valence-corrected chi connectivity index (χ2v) is 6.69. The zero-order valence-corrected chi connectivity index (χ0v) is 15.3. The highest BCUT2D eigenvalue weighted by Crippen LogP contribution is 2.07. The molecule has 4 atom stereocenters. The Kier molecular flexibility index (Phi) is 10.1. The Hall–Kier alpha value is -1.17. The monoisotopic (exact) mass is 373 g/mol. The van der Waals surface area contributed by atoms with Gasteiger partial charge in [0.05, 0.1) is 31.1 Å². The highest BCUT2D eigenvalue weighted by Gasteiger charge is 2.18. The van der Waals surface area contributed by atoms with Crippen LogP contribution >= 0.6 is 0 Å². The third-order valence-corrected chi connectivity index (χ3v) is 4.03. The van der Waals surface area contributed by atoms with Crippen molar-refractivity contribution in [3.8, 4) is 0 Å². The molecule has 0 aliphatic rings. The van der Waals surface area contributed by atoms with Crippen molar-refractivity contribution in [1.29, 1.82) is 0 Å². The molecule has 0 radical (unpaired) electrons. The fraction of sp³-hybridized carbons (Fsp3) is 0.706. The molecule has 1 rings (SSSR count). The van der Waals surface area contributed by atoms with Crippen molar-refractivity contribution in [3.63, 3.8) is 0 Å². The van der Waals surface area contributed by atoms with Crippen LogP contribution in [0, 0.1) is 0 Å². The second-order valence-electron chi connectivity index (χ2n) is 6.69. The number of hydrogen-bond donors (Lipinski definition) is 6. The van der Waals surface area contributed by atoms with Gasteiger partial charge in [0.25, 0.3) is 0 Å². The molecule has 1 aromatic rings. The van der Waals surface area contributed by atoms with Gasteiger partial charge in [-0.2, -0.15) is 0 Å². The van der Waals surface area contributed by atoms with E-state index in [1.165, 1.54) is 0 Å². The summed E-state index contributed by atoms with van der Waals surface area (Å²) in [6.07, 6.45) is -2.66. The van der Waals surface area contributed by atoms with Crippen LogP contribution in [0.5, 0.6) is 0 Å². The zero-order chi connectivity index (χ0) is 19.7. The molecule has 1 aromatic heterocycles. The molecule has 150 valence electrons. The predicted molar refractivity (Wildman–Crippen MR) is 95.1 cm³/mol. The van der Waals surface area contributed by atoms with Crippen molar-refractivity contribution in [3.05, 3.63) is 29.6 Å². The lowest BCUT2D eigenvalue weighted by molar-refractivity contribution is -0.0275. The number of likely N-dealkylation sites (N-methyl/N-ethyl adjacent to an activating group) is 2. The summed E-state index contributed by atoms with van der Waals surface area (Å²) in [6, 6.07) is 3.76. The van der Waals surface area contributed by atoms with E-state index in [9.17, 15) is 20.4 Å². The van der Waals surface area contributed by atoms with Gasteiger partial charge in [-0.05, 0) is 25.7 Å². The first-order valence-electron chi connectivity index (χ1n) is 8.51. The molecule has 0 aromatic carbocycles. The number of pyridine rings is 1. The molecule has 6 N–H and O–H groups in total. The van der Waals surface area contributed by atoms with Crippen molar-refractivity contribution in [1.82, 2.24) is 14.8 Å². The lowest BCUT2D eigenvalue weighted by Gasteiger charge is -2.23. The number of nitrogens with zero attached hydrogens (tertiary/aromatic N) is 3. The predicted octanol–water partition coefficient (Wildman–Crippen LogP) is -2.63. The largest absolute Gasteiger partial charge is 0.394 e. The molecule has 0 aliphatic heterocycles. The van der Waals surface area contributed by atoms with E-state index >= 15 is 0 Å². The lowest BCUT2D eigenvalue weighted by Crippen LogP contribution is -2.39. The molecule has 9 nitrogen and oxygen atoms in total. The third kappa shape index (κ3) is 8.02. The van der Waals surface area contributed by atoms with Crippen molar-refractivity contribution >= 4 is 0 Å². The van der Waals surface area contributed by atoms with Crippen LogP contribution in [0.1, 0.15) is 11.3 Å². The number of aliphatic hydroxyl groups is 6. The molecule has 1 heterocycles. The van der Waals surface area contributed by atoms with Crippen LogP contribution < -0.4 is 0 Å². The van der Waals surface area contributed by atoms with Gasteiger partial charge in [-0.3, -0.25) is 14.8 Å². The molecule has 0 saturated carbocycles. The molecule has 0 spiro atoms. The van der Waals surface area contributed by atoms with Gasteiger partial charge in [-0.15, -0.1) is 0 Å². The fourth-order valence-corrected chi connectivity index (χ4v) is 2.48. The molecule has 9 heteroatoms. The van der Waals surface area contributed by atoms with Crippen LogP contribution in [-0.4, -0.2) is 110 Å². The Bertz CT molecular complexity index is 459. The molecule has 0 fully saturated rings. The summed E-state index contributed by atoms with van der Waals surface area (Å²) in [5.41, 5.74) is 1.72. The van der Waals surface area contributed by atoms with E-state index in [0.29, 0.717) is 13.1 Å². The van der Waals surface area contributed by atoms with Gasteiger partial charge in [-0.25, -0.2) is 0 Å². The summed E-state index contributed by atoms with van der Waals surface area (Å²) < 4.78 is 0. The minimum Gasteiger partial charge on any atom is -0.394 e. The normalized spacial score (nSPS) is 16.7. The first-order chi connectivity index (χ1) is 12.3. The van der Waals surface area contributed by atoms with Crippen molar-refractivity contribution in [2.24, 2.45) is 0 Å². The minimum absolute atomic E-state index is 0.207. The first-order valence-corrected chi connectivity index (χ1v) is 8.51. The zero-order valence-electron chi connectivity index (χ0n) is 15.3. The molecule has 4 unspecified atom stereocenters. The quantitative estimate of drug-likeness (QED) is 0.232. The Balaban J connectivity index is 2.47. The number of hydrogen-bond acceptors (Lipinski definition) is 9. The van der Waals surface area contributed by atoms with E-state index in [0.717, 1.165) is 11.3 Å². The highest BCUT2D eigenvalue weighted by atomic mass is 16.4. The molecular weight excluding hydrogens is 342 g/mol. The molecule has 0 saturated heterocycles. The van der Waals surface area contributed by atoms with Gasteiger partial charge < -0.3 is 30.6 Å². The second kappa shape index (κ2) is 11.5. The smallest absolute Gasteiger partial charge is 0.104 e. The highest BCUT2D eigenvalue weighted by molar-refractivity contribution is 5.14. The van der Waals surface area contributed by atoms with E-state index in [-0.39, 0.29) is 13.1 Å². The van der Waals surface area contributed by atoms with Gasteiger partial charge in [0.15, 0.2) is 0 Å². The van der Waals surface area contributed by atoms with Crippen LogP contribution in [0.15, 0.2) is 18.3 Å². The van der Waals surface area contributed by atoms with Crippen LogP contribution in [0.4, 0.5) is 0 Å². The molecule has 26 heavy (non-hydrogen) atoms. The maximum atomic E-state index is 9.71. The van der Waals surface area contributed by atoms with Gasteiger partial charge in [0.1, 0.15) is 12.2 Å². The molecule has 0 amide bonds. The average Bonchev–Trinajstić information content (AvgIpc) is 2.61. The van der Waals surface area contributed by atoms with Crippen molar-refractivity contribution in [2.45, 2.75) is 37.5 Å². The Morgan fingerprint density at radius 2 is 1.31 bits per heavy atom. The van der Waals surface area contributed by atoms with Gasteiger partial charge in [0, 0.05) is 32.4 Å². The molecular formula is C17H31N3O6. The topological polar surface area (TPSA) is 141 Å². The molecule has 0 aliphatic carbocycles. The maximum absolute atomic E-state index is 9.71. The summed E-state index contributed by atoms with van der Waals surface area (Å²) in [5, 5.41) is 55.8. The van der Waals surface area contributed by atoms with Crippen LogP contribution in [0.3, 0.4) is 0 Å². The van der Waals surface area contributed by atoms with E-state index in [2.05, 4.69) is 4.98 Å². The van der Waals surface area contributed by atoms with Crippen LogP contribution in [0.25, 0.3) is 0 Å². The SMILES string of the molecule is CN(Cc1ccc(CN(C)CC(O)C(O)CO)nc1)CC(O)C(O)CO. The van der Waals surface area contributed by atoms with Crippen molar-refractivity contribution < 1.29 is 30.6 Å². The minimum atomic E-state index is -1.16. The number of rotatable bonds is 12. The van der Waals surface area contributed by atoms with E-state index in [1.807, 2.05) is 17.0 Å². The van der Waals surface area contributed by atoms with Gasteiger partial charge >= 0.3 is 0 Å². The van der Waals surface area contributed by atoms with E-state index < -0.39 is 37.6 Å². The third-order valence-electron chi connectivity index (χ3n) is 4.03. The summed E-state index contributed by atoms with van der Waals surface area (Å²) in [4.78, 5) is 7.98. The number of aliphatic hydroxyl groups excluding tert-OH is 6. The average molecular weight is 373 g/mol. The van der Waals surface area contributed by atoms with Crippen LogP contribution in [0.2, 0.25) is 0 Å². The summed E-state index contributed by atoms with van der Waals surface area (Å²) >= 11 is 0. The molecule has 0 bridgehead atoms. The first kappa shape index (κ1) is 22.9. The van der Waals surface area contributed by atoms with Crippen molar-refractivity contribution in [2.75, 3.05) is 40.4 Å². The maximum Gasteiger partial charge on any atom is 0.104 e. The van der Waals surface area contributed by atoms with E-state index in [1.54, 1.807) is 25.2 Å². The standard InChI is InChI=1S/C17H31N3O6/c1-19(8-14(23)16(25)10-21)6-12-3-4-13(18-5-12)7-20(2)9-15(24)17(26)11-22/h3-5,14-17,21-26H,6-11H2,1-2H3. The van der Waals surface area contributed by atoms with Crippen LogP contribution in [-0.2, 0) is 13.1 Å². The van der Waals surface area contributed by atoms with E-state index in [4.69, 9.17) is 10.2 Å². The van der Waals surface area contributed by atoms with Gasteiger partial charge in [-0.1, -0.05) is 6.07 Å². The fourth-order valence-electron chi connectivity index (χ4n) is 2.48. The summed E-state index contributed by atoms with van der Waals surface area (Å²) in [7, 11) is 3.58. The summed E-state index contributed by atoms with van der Waals surface area (Å²) in [5.74, 6) is 0. The Morgan fingerprint density at radius 1 is 0.808 bits per heavy atom. The van der Waals surface area contributed by atoms with Gasteiger partial charge in [0.2, 0.25) is 0 Å². The Morgan fingerprint density at radius 3 is 1.73 bits per heavy atom. The Labute approximate surface area is 153 Å². The number of aromatic nitrogens is 1. The lowest BCUT2D eigenvalue weighted by atomic mass is 10.2. The summed E-state index contributed by atoms with van der Waals surface area (Å²) in [6.45, 7) is 0.463.